The highest BCUT2D eigenvalue weighted by atomic mass is 79.9. The van der Waals surface area contributed by atoms with Gasteiger partial charge in [0.15, 0.2) is 11.5 Å². The first-order chi connectivity index (χ1) is 9.08. The summed E-state index contributed by atoms with van der Waals surface area (Å²) in [5.74, 6) is 2.02. The van der Waals surface area contributed by atoms with Crippen LogP contribution in [0.3, 0.4) is 0 Å². The number of nitrogen functional groups attached to an aromatic ring is 1. The second-order valence-corrected chi connectivity index (χ2v) is 5.45. The summed E-state index contributed by atoms with van der Waals surface area (Å²) in [5, 5.41) is 3.98. The predicted molar refractivity (Wildman–Crippen MR) is 74.3 cm³/mol. The van der Waals surface area contributed by atoms with E-state index in [0.717, 1.165) is 21.3 Å². The van der Waals surface area contributed by atoms with E-state index < -0.39 is 0 Å². The highest BCUT2D eigenvalue weighted by molar-refractivity contribution is 9.10. The summed E-state index contributed by atoms with van der Waals surface area (Å²) in [4.78, 5) is 0. The molecule has 0 atom stereocenters. The summed E-state index contributed by atoms with van der Waals surface area (Å²) >= 11 is 3.59. The van der Waals surface area contributed by atoms with E-state index in [-0.39, 0.29) is 12.7 Å². The van der Waals surface area contributed by atoms with E-state index in [1.165, 1.54) is 0 Å². The maximum absolute atomic E-state index is 5.60. The molecule has 0 unspecified atom stereocenters. The highest BCUT2D eigenvalue weighted by Crippen LogP contribution is 2.47. The van der Waals surface area contributed by atoms with Gasteiger partial charge in [-0.2, -0.15) is 0 Å². The molecule has 0 aliphatic carbocycles. The van der Waals surface area contributed by atoms with Gasteiger partial charge in [-0.05, 0) is 33.5 Å². The van der Waals surface area contributed by atoms with Crippen LogP contribution in [0.4, 0.5) is 5.88 Å². The molecule has 0 radical (unpaired) electrons. The van der Waals surface area contributed by atoms with Crippen LogP contribution in [0, 0.1) is 0 Å². The van der Waals surface area contributed by atoms with Crippen molar-refractivity contribution in [1.82, 2.24) is 5.16 Å². The number of hydrogen-bond acceptors (Lipinski definition) is 5. The Hall–Kier alpha value is -1.69. The molecule has 0 amide bonds. The normalized spacial score (nSPS) is 13.3. The Bertz CT molecular complexity index is 637. The minimum Gasteiger partial charge on any atom is -0.454 e. The quantitative estimate of drug-likeness (QED) is 0.914. The van der Waals surface area contributed by atoms with Gasteiger partial charge in [0.2, 0.25) is 12.7 Å². The van der Waals surface area contributed by atoms with E-state index in [2.05, 4.69) is 34.9 Å². The van der Waals surface area contributed by atoms with Crippen molar-refractivity contribution in [2.24, 2.45) is 0 Å². The van der Waals surface area contributed by atoms with Gasteiger partial charge in [0, 0.05) is 11.6 Å². The topological polar surface area (TPSA) is 70.5 Å². The van der Waals surface area contributed by atoms with Gasteiger partial charge in [-0.3, -0.25) is 0 Å². The summed E-state index contributed by atoms with van der Waals surface area (Å²) in [6, 6.07) is 3.62. The Kier molecular flexibility index (Phi) is 2.89. The van der Waals surface area contributed by atoms with Crippen molar-refractivity contribution in [2.45, 2.75) is 19.8 Å². The van der Waals surface area contributed by atoms with E-state index in [4.69, 9.17) is 19.7 Å². The number of nitrogens with two attached hydrogens (primary N) is 1. The zero-order valence-corrected chi connectivity index (χ0v) is 12.2. The van der Waals surface area contributed by atoms with Gasteiger partial charge in [0.1, 0.15) is 5.69 Å². The molecular formula is C13H13BrN2O3. The van der Waals surface area contributed by atoms with Gasteiger partial charge >= 0.3 is 0 Å². The lowest BCUT2D eigenvalue weighted by molar-refractivity contribution is 0.173. The van der Waals surface area contributed by atoms with Crippen LogP contribution in [-0.2, 0) is 0 Å². The molecule has 19 heavy (non-hydrogen) atoms. The van der Waals surface area contributed by atoms with E-state index in [1.807, 2.05) is 6.07 Å². The second kappa shape index (κ2) is 4.45. The molecule has 100 valence electrons. The lowest BCUT2D eigenvalue weighted by atomic mass is 9.94. The minimum atomic E-state index is 0.232. The maximum atomic E-state index is 5.60. The summed E-state index contributed by atoms with van der Waals surface area (Å²) in [5.41, 5.74) is 8.32. The van der Waals surface area contributed by atoms with Gasteiger partial charge in [-0.1, -0.05) is 19.0 Å². The molecule has 1 aromatic heterocycles. The van der Waals surface area contributed by atoms with Crippen LogP contribution >= 0.6 is 15.9 Å². The first-order valence-corrected chi connectivity index (χ1v) is 6.71. The zero-order chi connectivity index (χ0) is 13.6. The molecule has 5 nitrogen and oxygen atoms in total. The molecule has 6 heteroatoms. The van der Waals surface area contributed by atoms with Crippen LogP contribution in [-0.4, -0.2) is 11.9 Å². The van der Waals surface area contributed by atoms with Crippen molar-refractivity contribution in [3.8, 4) is 22.8 Å². The van der Waals surface area contributed by atoms with Gasteiger partial charge < -0.3 is 19.7 Å². The third-order valence-corrected chi connectivity index (χ3v) is 3.81. The highest BCUT2D eigenvalue weighted by Gasteiger charge is 2.26. The fourth-order valence-electron chi connectivity index (χ4n) is 2.21. The Balaban J connectivity index is 2.26. The van der Waals surface area contributed by atoms with Crippen molar-refractivity contribution in [3.63, 3.8) is 0 Å². The fourth-order valence-corrected chi connectivity index (χ4v) is 3.19. The van der Waals surface area contributed by atoms with Gasteiger partial charge in [0.25, 0.3) is 0 Å². The number of nitrogens with zero attached hydrogens (tertiary/aromatic N) is 1. The number of rotatable bonds is 2. The van der Waals surface area contributed by atoms with E-state index in [1.54, 1.807) is 6.07 Å². The average molecular weight is 325 g/mol. The van der Waals surface area contributed by atoms with Crippen LogP contribution in [0.5, 0.6) is 11.5 Å². The first-order valence-electron chi connectivity index (χ1n) is 5.92. The second-order valence-electron chi connectivity index (χ2n) is 4.65. The number of ether oxygens (including phenoxy) is 2. The fraction of sp³-hybridized carbons (Fsp3) is 0.308. The molecule has 1 aliphatic heterocycles. The molecule has 3 rings (SSSR count). The van der Waals surface area contributed by atoms with Gasteiger partial charge in [0.05, 0.1) is 4.47 Å². The number of halogens is 1. The molecule has 2 aromatic rings. The first kappa shape index (κ1) is 12.3. The van der Waals surface area contributed by atoms with E-state index >= 15 is 0 Å². The van der Waals surface area contributed by atoms with Crippen molar-refractivity contribution in [1.29, 1.82) is 0 Å². The van der Waals surface area contributed by atoms with Crippen molar-refractivity contribution < 1.29 is 14.0 Å². The molecule has 0 saturated heterocycles. The molecule has 0 saturated carbocycles. The Morgan fingerprint density at radius 3 is 2.74 bits per heavy atom. The van der Waals surface area contributed by atoms with Crippen molar-refractivity contribution in [2.75, 3.05) is 12.5 Å². The Labute approximate surface area is 118 Å². The molecule has 2 N–H and O–H groups in total. The smallest absolute Gasteiger partial charge is 0.231 e. The van der Waals surface area contributed by atoms with E-state index in [0.29, 0.717) is 17.3 Å². The largest absolute Gasteiger partial charge is 0.454 e. The molecule has 0 fully saturated rings. The third-order valence-electron chi connectivity index (χ3n) is 3.02. The molecule has 1 aliphatic rings. The molecular weight excluding hydrogens is 312 g/mol. The van der Waals surface area contributed by atoms with Crippen molar-refractivity contribution >= 4 is 21.8 Å². The Morgan fingerprint density at radius 1 is 1.32 bits per heavy atom. The monoisotopic (exact) mass is 324 g/mol. The average Bonchev–Trinajstić information content (AvgIpc) is 2.96. The molecule has 1 aromatic carbocycles. The standard InChI is InChI=1S/C13H13BrN2O3/c1-6(2)11-7(8-4-10(15)19-16-8)3-9-13(12(11)14)18-5-17-9/h3-4,6H,5,15H2,1-2H3. The van der Waals surface area contributed by atoms with Crippen molar-refractivity contribution in [3.05, 3.63) is 22.2 Å². The lowest BCUT2D eigenvalue weighted by Crippen LogP contribution is -1.96. The van der Waals surface area contributed by atoms with Crippen LogP contribution in [0.15, 0.2) is 21.1 Å². The minimum absolute atomic E-state index is 0.232. The summed E-state index contributed by atoms with van der Waals surface area (Å²) in [6.07, 6.45) is 0. The molecule has 2 heterocycles. The number of benzene rings is 1. The maximum Gasteiger partial charge on any atom is 0.231 e. The van der Waals surface area contributed by atoms with Crippen LogP contribution in [0.2, 0.25) is 0 Å². The van der Waals surface area contributed by atoms with Crippen LogP contribution in [0.1, 0.15) is 25.3 Å². The number of aromatic nitrogens is 1. The van der Waals surface area contributed by atoms with Crippen LogP contribution in [0.25, 0.3) is 11.3 Å². The third kappa shape index (κ3) is 1.96. The summed E-state index contributed by atoms with van der Waals surface area (Å²) in [7, 11) is 0. The molecule has 0 spiro atoms. The van der Waals surface area contributed by atoms with Gasteiger partial charge in [-0.15, -0.1) is 0 Å². The summed E-state index contributed by atoms with van der Waals surface area (Å²) < 4.78 is 16.8. The Morgan fingerprint density at radius 2 is 2.11 bits per heavy atom. The van der Waals surface area contributed by atoms with E-state index in [9.17, 15) is 0 Å². The zero-order valence-electron chi connectivity index (χ0n) is 10.6. The predicted octanol–water partition coefficient (Wildman–Crippen LogP) is 3.54. The SMILES string of the molecule is CC(C)c1c(-c2cc(N)on2)cc2c(c1Br)OCO2. The van der Waals surface area contributed by atoms with Gasteiger partial charge in [-0.25, -0.2) is 0 Å². The number of anilines is 1. The lowest BCUT2D eigenvalue weighted by Gasteiger charge is -2.15. The number of hydrogen-bond donors (Lipinski definition) is 1. The van der Waals surface area contributed by atoms with Crippen LogP contribution < -0.4 is 15.2 Å². The molecule has 0 bridgehead atoms. The number of fused-ring (bicyclic) bond motifs is 1. The summed E-state index contributed by atoms with van der Waals surface area (Å²) in [6.45, 7) is 4.44.